The summed E-state index contributed by atoms with van der Waals surface area (Å²) in [4.78, 5) is 1.13. The average molecular weight is 211 g/mol. The van der Waals surface area contributed by atoms with E-state index in [1.165, 1.54) is 0 Å². The molecule has 0 bridgehead atoms. The Morgan fingerprint density at radius 3 is 2.43 bits per heavy atom. The molecule has 0 aliphatic rings. The molecule has 0 unspecified atom stereocenters. The Hall–Kier alpha value is -0.670. The highest BCUT2D eigenvalue weighted by Gasteiger charge is 2.20. The van der Waals surface area contributed by atoms with Gasteiger partial charge in [0.1, 0.15) is 5.75 Å². The van der Waals surface area contributed by atoms with Crippen LogP contribution in [-0.2, 0) is 5.54 Å². The number of benzene rings is 1. The van der Waals surface area contributed by atoms with Crippen molar-refractivity contribution in [2.75, 3.05) is 13.4 Å². The highest BCUT2D eigenvalue weighted by Crippen LogP contribution is 2.35. The van der Waals surface area contributed by atoms with Crippen LogP contribution in [0.4, 0.5) is 0 Å². The van der Waals surface area contributed by atoms with E-state index in [2.05, 4.69) is 0 Å². The monoisotopic (exact) mass is 211 g/mol. The van der Waals surface area contributed by atoms with Gasteiger partial charge in [-0.1, -0.05) is 12.1 Å². The Kier molecular flexibility index (Phi) is 3.45. The normalized spacial score (nSPS) is 11.5. The van der Waals surface area contributed by atoms with Gasteiger partial charge in [-0.3, -0.25) is 0 Å². The molecule has 0 atom stereocenters. The van der Waals surface area contributed by atoms with Gasteiger partial charge in [0.05, 0.1) is 12.0 Å². The second kappa shape index (κ2) is 4.24. The highest BCUT2D eigenvalue weighted by atomic mass is 32.2. The third kappa shape index (κ3) is 2.22. The molecule has 1 rings (SSSR count). The zero-order valence-corrected chi connectivity index (χ0v) is 9.94. The lowest BCUT2D eigenvalue weighted by Crippen LogP contribution is -2.29. The van der Waals surface area contributed by atoms with Gasteiger partial charge < -0.3 is 10.5 Å². The number of rotatable bonds is 3. The van der Waals surface area contributed by atoms with Crippen molar-refractivity contribution in [3.63, 3.8) is 0 Å². The van der Waals surface area contributed by atoms with E-state index in [0.29, 0.717) is 0 Å². The summed E-state index contributed by atoms with van der Waals surface area (Å²) in [5.74, 6) is 0.897. The van der Waals surface area contributed by atoms with Gasteiger partial charge >= 0.3 is 0 Å². The van der Waals surface area contributed by atoms with Crippen LogP contribution in [0.2, 0.25) is 0 Å². The number of thioether (sulfide) groups is 1. The summed E-state index contributed by atoms with van der Waals surface area (Å²) in [6, 6.07) is 5.98. The van der Waals surface area contributed by atoms with E-state index in [-0.39, 0.29) is 5.54 Å². The fourth-order valence-electron chi connectivity index (χ4n) is 1.39. The van der Waals surface area contributed by atoms with Gasteiger partial charge in [-0.15, -0.1) is 11.8 Å². The van der Waals surface area contributed by atoms with Crippen LogP contribution >= 0.6 is 11.8 Å². The van der Waals surface area contributed by atoms with Crippen molar-refractivity contribution < 1.29 is 4.74 Å². The lowest BCUT2D eigenvalue weighted by atomic mass is 9.95. The molecule has 3 heteroatoms. The summed E-state index contributed by atoms with van der Waals surface area (Å²) < 4.78 is 5.30. The van der Waals surface area contributed by atoms with Crippen LogP contribution in [0.25, 0.3) is 0 Å². The van der Waals surface area contributed by atoms with E-state index in [0.717, 1.165) is 16.2 Å². The first-order valence-corrected chi connectivity index (χ1v) is 5.73. The van der Waals surface area contributed by atoms with Gasteiger partial charge in [-0.2, -0.15) is 0 Å². The van der Waals surface area contributed by atoms with E-state index in [1.54, 1.807) is 18.9 Å². The Labute approximate surface area is 89.8 Å². The van der Waals surface area contributed by atoms with Gasteiger partial charge in [0.25, 0.3) is 0 Å². The molecule has 0 aliphatic heterocycles. The summed E-state index contributed by atoms with van der Waals surface area (Å²) in [6.07, 6.45) is 2.03. The molecule has 0 heterocycles. The first kappa shape index (κ1) is 11.4. The van der Waals surface area contributed by atoms with E-state index in [1.807, 2.05) is 38.3 Å². The molecule has 0 radical (unpaired) electrons. The van der Waals surface area contributed by atoms with Crippen LogP contribution in [0.1, 0.15) is 19.4 Å². The summed E-state index contributed by atoms with van der Waals surface area (Å²) >= 11 is 1.67. The third-order valence-electron chi connectivity index (χ3n) is 2.10. The fraction of sp³-hybridized carbons (Fsp3) is 0.455. The second-order valence-corrected chi connectivity index (χ2v) is 4.58. The topological polar surface area (TPSA) is 35.2 Å². The molecule has 78 valence electrons. The molecule has 0 fully saturated rings. The van der Waals surface area contributed by atoms with Crippen LogP contribution in [0.3, 0.4) is 0 Å². The summed E-state index contributed by atoms with van der Waals surface area (Å²) in [7, 11) is 1.68. The standard InChI is InChI=1S/C11H17NOS/c1-11(2,12)8-6-5-7-9(13-3)10(8)14-4/h5-7H,12H2,1-4H3. The molecule has 2 N–H and O–H groups in total. The van der Waals surface area contributed by atoms with Gasteiger partial charge in [0.2, 0.25) is 0 Å². The van der Waals surface area contributed by atoms with Crippen LogP contribution in [0, 0.1) is 0 Å². The largest absolute Gasteiger partial charge is 0.496 e. The summed E-state index contributed by atoms with van der Waals surface area (Å²) in [6.45, 7) is 4.00. The Morgan fingerprint density at radius 2 is 2.00 bits per heavy atom. The van der Waals surface area contributed by atoms with Crippen LogP contribution in [0.15, 0.2) is 23.1 Å². The molecule has 0 saturated carbocycles. The fourth-order valence-corrected chi connectivity index (χ4v) is 2.30. The van der Waals surface area contributed by atoms with Crippen molar-refractivity contribution in [2.24, 2.45) is 5.73 Å². The predicted octanol–water partition coefficient (Wildman–Crippen LogP) is 2.61. The van der Waals surface area contributed by atoms with Crippen molar-refractivity contribution in [1.82, 2.24) is 0 Å². The van der Waals surface area contributed by atoms with Crippen LogP contribution in [0.5, 0.6) is 5.75 Å². The van der Waals surface area contributed by atoms with Crippen LogP contribution in [-0.4, -0.2) is 13.4 Å². The van der Waals surface area contributed by atoms with Gasteiger partial charge in [0.15, 0.2) is 0 Å². The summed E-state index contributed by atoms with van der Waals surface area (Å²) in [5, 5.41) is 0. The van der Waals surface area contributed by atoms with Crippen molar-refractivity contribution >= 4 is 11.8 Å². The minimum absolute atomic E-state index is 0.327. The Bertz CT molecular complexity index is 318. The smallest absolute Gasteiger partial charge is 0.132 e. The molecular weight excluding hydrogens is 194 g/mol. The van der Waals surface area contributed by atoms with Crippen molar-refractivity contribution in [1.29, 1.82) is 0 Å². The molecule has 2 nitrogen and oxygen atoms in total. The minimum atomic E-state index is -0.327. The number of hydrogen-bond acceptors (Lipinski definition) is 3. The first-order valence-electron chi connectivity index (χ1n) is 4.51. The SMILES string of the molecule is COc1cccc(C(C)(C)N)c1SC. The quantitative estimate of drug-likeness (QED) is 0.781. The van der Waals surface area contributed by atoms with E-state index in [4.69, 9.17) is 10.5 Å². The number of methoxy groups -OCH3 is 1. The average Bonchev–Trinajstić information content (AvgIpc) is 2.15. The molecule has 0 spiro atoms. The zero-order chi connectivity index (χ0) is 10.8. The zero-order valence-electron chi connectivity index (χ0n) is 9.13. The van der Waals surface area contributed by atoms with Gasteiger partial charge in [-0.05, 0) is 31.7 Å². The predicted molar refractivity (Wildman–Crippen MR) is 62.0 cm³/mol. The van der Waals surface area contributed by atoms with Crippen molar-refractivity contribution in [3.8, 4) is 5.75 Å². The molecule has 1 aromatic rings. The molecular formula is C11H17NOS. The maximum Gasteiger partial charge on any atom is 0.132 e. The van der Waals surface area contributed by atoms with Gasteiger partial charge in [0, 0.05) is 5.54 Å². The second-order valence-electron chi connectivity index (χ2n) is 3.76. The highest BCUT2D eigenvalue weighted by molar-refractivity contribution is 7.98. The molecule has 0 aromatic heterocycles. The summed E-state index contributed by atoms with van der Waals surface area (Å²) in [5.41, 5.74) is 6.89. The minimum Gasteiger partial charge on any atom is -0.496 e. The maximum absolute atomic E-state index is 6.09. The lowest BCUT2D eigenvalue weighted by Gasteiger charge is -2.23. The Balaban J connectivity index is 3.29. The van der Waals surface area contributed by atoms with Crippen molar-refractivity contribution in [2.45, 2.75) is 24.3 Å². The third-order valence-corrected chi connectivity index (χ3v) is 2.93. The van der Waals surface area contributed by atoms with Crippen molar-refractivity contribution in [3.05, 3.63) is 23.8 Å². The number of nitrogens with two attached hydrogens (primary N) is 1. The number of hydrogen-bond donors (Lipinski definition) is 1. The molecule has 1 aromatic carbocycles. The number of ether oxygens (including phenoxy) is 1. The molecule has 14 heavy (non-hydrogen) atoms. The van der Waals surface area contributed by atoms with E-state index in [9.17, 15) is 0 Å². The van der Waals surface area contributed by atoms with E-state index >= 15 is 0 Å². The Morgan fingerprint density at radius 1 is 1.36 bits per heavy atom. The first-order chi connectivity index (χ1) is 6.50. The molecule has 0 amide bonds. The lowest BCUT2D eigenvalue weighted by molar-refractivity contribution is 0.400. The molecule has 0 aliphatic carbocycles. The van der Waals surface area contributed by atoms with Gasteiger partial charge in [-0.25, -0.2) is 0 Å². The maximum atomic E-state index is 6.09. The molecule has 0 saturated heterocycles. The van der Waals surface area contributed by atoms with E-state index < -0.39 is 0 Å². The van der Waals surface area contributed by atoms with Crippen LogP contribution < -0.4 is 10.5 Å².